The minimum atomic E-state index is -0.423. The van der Waals surface area contributed by atoms with Gasteiger partial charge in [-0.2, -0.15) is 0 Å². The summed E-state index contributed by atoms with van der Waals surface area (Å²) in [5.41, 5.74) is 2.07. The van der Waals surface area contributed by atoms with Crippen molar-refractivity contribution >= 4 is 40.9 Å². The molecule has 1 aromatic heterocycles. The van der Waals surface area contributed by atoms with Gasteiger partial charge in [-0.25, -0.2) is 0 Å². The highest BCUT2D eigenvalue weighted by atomic mass is 35.5. The zero-order valence-electron chi connectivity index (χ0n) is 14.8. The average molecular weight is 417 g/mol. The first-order chi connectivity index (χ1) is 13.6. The molecule has 28 heavy (non-hydrogen) atoms. The van der Waals surface area contributed by atoms with Gasteiger partial charge in [0.2, 0.25) is 5.91 Å². The molecule has 0 aliphatic carbocycles. The van der Waals surface area contributed by atoms with Crippen molar-refractivity contribution in [2.24, 2.45) is 0 Å². The Bertz CT molecular complexity index is 929. The van der Waals surface area contributed by atoms with E-state index in [4.69, 9.17) is 20.9 Å². The summed E-state index contributed by atoms with van der Waals surface area (Å²) in [7, 11) is 0. The first-order valence-corrected chi connectivity index (χ1v) is 9.93. The zero-order valence-corrected chi connectivity index (χ0v) is 16.3. The number of nitrogens with zero attached hydrogens (tertiary/aromatic N) is 1. The molecule has 1 heterocycles. The molecule has 1 amide bonds. The molecule has 144 valence electrons. The second-order valence-corrected chi connectivity index (χ2v) is 7.18. The summed E-state index contributed by atoms with van der Waals surface area (Å²) in [4.78, 5) is 23.7. The highest BCUT2D eigenvalue weighted by Crippen LogP contribution is 2.20. The van der Waals surface area contributed by atoms with E-state index in [1.165, 1.54) is 11.8 Å². The van der Waals surface area contributed by atoms with E-state index in [0.29, 0.717) is 22.2 Å². The highest BCUT2D eigenvalue weighted by Gasteiger charge is 2.10. The maximum absolute atomic E-state index is 11.9. The van der Waals surface area contributed by atoms with E-state index >= 15 is 0 Å². The number of thioether (sulfide) groups is 1. The molecule has 2 aromatic carbocycles. The lowest BCUT2D eigenvalue weighted by Gasteiger charge is -2.05. The van der Waals surface area contributed by atoms with E-state index in [2.05, 4.69) is 10.5 Å². The smallest absolute Gasteiger partial charge is 0.316 e. The van der Waals surface area contributed by atoms with E-state index in [-0.39, 0.29) is 24.0 Å². The van der Waals surface area contributed by atoms with Crippen LogP contribution in [0, 0.1) is 0 Å². The SMILES string of the molecule is O=C(CSCC(=O)OCc1cc(-c2ccccc2)on1)Nc1ccc(Cl)cc1. The van der Waals surface area contributed by atoms with Gasteiger partial charge in [-0.05, 0) is 24.3 Å². The number of hydrogen-bond donors (Lipinski definition) is 1. The Labute approximate surface area is 171 Å². The quantitative estimate of drug-likeness (QED) is 0.548. The summed E-state index contributed by atoms with van der Waals surface area (Å²) < 4.78 is 10.4. The predicted octanol–water partition coefficient (Wildman–Crippen LogP) is 4.41. The van der Waals surface area contributed by atoms with Gasteiger partial charge in [-0.15, -0.1) is 11.8 Å². The molecule has 0 atom stereocenters. The number of ether oxygens (including phenoxy) is 1. The third kappa shape index (κ3) is 6.14. The molecular weight excluding hydrogens is 400 g/mol. The number of aromatic nitrogens is 1. The van der Waals surface area contributed by atoms with Gasteiger partial charge >= 0.3 is 5.97 Å². The van der Waals surface area contributed by atoms with Crippen LogP contribution in [0.3, 0.4) is 0 Å². The number of carbonyl (C=O) groups is 2. The lowest BCUT2D eigenvalue weighted by molar-refractivity contribution is -0.141. The molecule has 0 bridgehead atoms. The third-order valence-electron chi connectivity index (χ3n) is 3.58. The van der Waals surface area contributed by atoms with Crippen molar-refractivity contribution in [3.63, 3.8) is 0 Å². The molecule has 0 saturated heterocycles. The lowest BCUT2D eigenvalue weighted by atomic mass is 10.2. The van der Waals surface area contributed by atoms with E-state index in [1.54, 1.807) is 30.3 Å². The molecule has 0 aliphatic heterocycles. The van der Waals surface area contributed by atoms with Gasteiger partial charge in [-0.1, -0.05) is 47.1 Å². The van der Waals surface area contributed by atoms with Crippen LogP contribution < -0.4 is 5.32 Å². The van der Waals surface area contributed by atoms with Gasteiger partial charge in [0.25, 0.3) is 0 Å². The number of benzene rings is 2. The summed E-state index contributed by atoms with van der Waals surface area (Å²) in [6.45, 7) is 0.0205. The van der Waals surface area contributed by atoms with Gasteiger partial charge in [0.05, 0.1) is 11.5 Å². The monoisotopic (exact) mass is 416 g/mol. The fourth-order valence-corrected chi connectivity index (χ4v) is 3.01. The molecule has 0 spiro atoms. The van der Waals surface area contributed by atoms with Crippen LogP contribution in [0.2, 0.25) is 5.02 Å². The number of halogens is 1. The summed E-state index contributed by atoms with van der Waals surface area (Å²) in [6, 6.07) is 18.1. The first-order valence-electron chi connectivity index (χ1n) is 8.40. The molecule has 0 unspecified atom stereocenters. The lowest BCUT2D eigenvalue weighted by Crippen LogP contribution is -2.16. The predicted molar refractivity (Wildman–Crippen MR) is 109 cm³/mol. The molecule has 6 nitrogen and oxygen atoms in total. The van der Waals surface area contributed by atoms with Crippen molar-refractivity contribution in [2.75, 3.05) is 16.8 Å². The Morgan fingerprint density at radius 1 is 1.07 bits per heavy atom. The number of nitrogens with one attached hydrogen (secondary N) is 1. The van der Waals surface area contributed by atoms with Crippen LogP contribution in [0.4, 0.5) is 5.69 Å². The van der Waals surface area contributed by atoms with E-state index in [9.17, 15) is 9.59 Å². The van der Waals surface area contributed by atoms with E-state index in [0.717, 1.165) is 5.56 Å². The molecule has 8 heteroatoms. The maximum atomic E-state index is 11.9. The second-order valence-electron chi connectivity index (χ2n) is 5.76. The molecular formula is C20H17ClN2O4S. The van der Waals surface area contributed by atoms with Crippen molar-refractivity contribution in [3.05, 3.63) is 71.4 Å². The molecule has 1 N–H and O–H groups in total. The maximum Gasteiger partial charge on any atom is 0.316 e. The third-order valence-corrected chi connectivity index (χ3v) is 4.74. The molecule has 0 fully saturated rings. The second kappa shape index (κ2) is 9.96. The number of anilines is 1. The van der Waals surface area contributed by atoms with E-state index < -0.39 is 5.97 Å². The van der Waals surface area contributed by atoms with Crippen LogP contribution in [0.5, 0.6) is 0 Å². The first kappa shape index (κ1) is 20.0. The topological polar surface area (TPSA) is 81.4 Å². The van der Waals surface area contributed by atoms with Crippen LogP contribution >= 0.6 is 23.4 Å². The van der Waals surface area contributed by atoms with Crippen molar-refractivity contribution in [1.29, 1.82) is 0 Å². The van der Waals surface area contributed by atoms with Crippen molar-refractivity contribution < 1.29 is 18.8 Å². The van der Waals surface area contributed by atoms with Crippen LogP contribution in [0.1, 0.15) is 5.69 Å². The summed E-state index contributed by atoms with van der Waals surface area (Å²) in [5, 5.41) is 7.22. The largest absolute Gasteiger partial charge is 0.458 e. The normalized spacial score (nSPS) is 10.5. The van der Waals surface area contributed by atoms with Gasteiger partial charge in [0, 0.05) is 22.3 Å². The molecule has 3 aromatic rings. The van der Waals surface area contributed by atoms with Crippen molar-refractivity contribution in [3.8, 4) is 11.3 Å². The fourth-order valence-electron chi connectivity index (χ4n) is 2.27. The Morgan fingerprint density at radius 3 is 2.57 bits per heavy atom. The Hall–Kier alpha value is -2.77. The number of carbonyl (C=O) groups excluding carboxylic acids is 2. The van der Waals surface area contributed by atoms with Gasteiger partial charge < -0.3 is 14.6 Å². The Morgan fingerprint density at radius 2 is 1.82 bits per heavy atom. The zero-order chi connectivity index (χ0) is 19.8. The number of hydrogen-bond acceptors (Lipinski definition) is 6. The van der Waals surface area contributed by atoms with Gasteiger partial charge in [-0.3, -0.25) is 9.59 Å². The standard InChI is InChI=1S/C20H17ClN2O4S/c21-15-6-8-16(9-7-15)22-19(24)12-28-13-20(25)26-11-17-10-18(27-23-17)14-4-2-1-3-5-14/h1-10H,11-13H2,(H,22,24). The minimum absolute atomic E-state index is 0.0205. The van der Waals surface area contributed by atoms with Crippen molar-refractivity contribution in [2.45, 2.75) is 6.61 Å². The molecule has 0 aliphatic rings. The number of amides is 1. The minimum Gasteiger partial charge on any atom is -0.458 e. The summed E-state index contributed by atoms with van der Waals surface area (Å²) in [5.74, 6) is 0.189. The fraction of sp³-hybridized carbons (Fsp3) is 0.150. The van der Waals surface area contributed by atoms with E-state index in [1.807, 2.05) is 30.3 Å². The summed E-state index contributed by atoms with van der Waals surface area (Å²) >= 11 is 6.97. The number of esters is 1. The number of rotatable bonds is 8. The van der Waals surface area contributed by atoms with Crippen molar-refractivity contribution in [1.82, 2.24) is 5.16 Å². The van der Waals surface area contributed by atoms with Crippen LogP contribution in [0.15, 0.2) is 65.2 Å². The van der Waals surface area contributed by atoms with Gasteiger partial charge in [0.15, 0.2) is 5.76 Å². The molecule has 3 rings (SSSR count). The molecule has 0 radical (unpaired) electrons. The van der Waals surface area contributed by atoms with Crippen LogP contribution in [-0.4, -0.2) is 28.5 Å². The Balaban J connectivity index is 1.36. The van der Waals surface area contributed by atoms with Crippen LogP contribution in [0.25, 0.3) is 11.3 Å². The Kier molecular flexibility index (Phi) is 7.11. The van der Waals surface area contributed by atoms with Crippen LogP contribution in [-0.2, 0) is 20.9 Å². The summed E-state index contributed by atoms with van der Waals surface area (Å²) in [6.07, 6.45) is 0. The highest BCUT2D eigenvalue weighted by molar-refractivity contribution is 8.00. The van der Waals surface area contributed by atoms with Gasteiger partial charge in [0.1, 0.15) is 12.3 Å². The average Bonchev–Trinajstić information content (AvgIpc) is 3.18. The molecule has 0 saturated carbocycles.